The molecule has 1 saturated heterocycles. The first kappa shape index (κ1) is 26.6. The summed E-state index contributed by atoms with van der Waals surface area (Å²) in [5.41, 5.74) is 2.47. The van der Waals surface area contributed by atoms with Gasteiger partial charge in [-0.25, -0.2) is 19.4 Å². The molecule has 4 N–H and O–H groups in total. The van der Waals surface area contributed by atoms with E-state index in [1.54, 1.807) is 30.3 Å². The van der Waals surface area contributed by atoms with Crippen molar-refractivity contribution < 1.29 is 24.2 Å². The number of halogens is 1. The Morgan fingerprint density at radius 2 is 1.71 bits per heavy atom. The first-order valence-corrected chi connectivity index (χ1v) is 12.1. The molecule has 2 aromatic carbocycles. The van der Waals surface area contributed by atoms with E-state index in [0.29, 0.717) is 49.0 Å². The number of urea groups is 2. The van der Waals surface area contributed by atoms with Crippen LogP contribution in [0.25, 0.3) is 0 Å². The molecule has 12 heteroatoms. The van der Waals surface area contributed by atoms with Crippen LogP contribution in [0.1, 0.15) is 15.9 Å². The van der Waals surface area contributed by atoms with Crippen LogP contribution in [0.2, 0.25) is 5.02 Å². The summed E-state index contributed by atoms with van der Waals surface area (Å²) in [6.45, 7) is 3.96. The van der Waals surface area contributed by atoms with Crippen LogP contribution in [0.5, 0.6) is 5.75 Å². The van der Waals surface area contributed by atoms with Gasteiger partial charge in [0.25, 0.3) is 0 Å². The number of amides is 4. The van der Waals surface area contributed by atoms with Gasteiger partial charge >= 0.3 is 18.0 Å². The van der Waals surface area contributed by atoms with E-state index in [0.717, 1.165) is 11.4 Å². The molecule has 1 aromatic heterocycles. The molecule has 0 bridgehead atoms. The third-order valence-corrected chi connectivity index (χ3v) is 6.27. The third kappa shape index (κ3) is 6.43. The van der Waals surface area contributed by atoms with E-state index in [2.05, 4.69) is 20.9 Å². The van der Waals surface area contributed by atoms with Gasteiger partial charge in [0.2, 0.25) is 0 Å². The standard InChI is InChI=1S/C26H27ClN6O5/c1-16-3-7-22(38-2)21(13-16)30-25(36)29-18-5-8-23(28-15-18)32-9-11-33(12-10-32)26(37)31-20-6-4-17(24(34)35)14-19(20)27/h3-8,13-15H,9-12H2,1-2H3,(H,31,37)(H,34,35)(H2,29,30,36). The number of hydrogen-bond acceptors (Lipinski definition) is 6. The minimum atomic E-state index is -1.09. The molecule has 198 valence electrons. The largest absolute Gasteiger partial charge is 0.495 e. The smallest absolute Gasteiger partial charge is 0.335 e. The van der Waals surface area contributed by atoms with Crippen LogP contribution >= 0.6 is 11.6 Å². The van der Waals surface area contributed by atoms with E-state index in [-0.39, 0.29) is 16.6 Å². The van der Waals surface area contributed by atoms with E-state index in [9.17, 15) is 14.4 Å². The van der Waals surface area contributed by atoms with Gasteiger partial charge in [-0.3, -0.25) is 0 Å². The minimum absolute atomic E-state index is 0.0440. The second-order valence-corrected chi connectivity index (χ2v) is 9.00. The molecule has 0 saturated carbocycles. The number of carbonyl (C=O) groups is 3. The number of carbonyl (C=O) groups excluding carboxylic acids is 2. The van der Waals surface area contributed by atoms with E-state index >= 15 is 0 Å². The number of nitrogens with zero attached hydrogens (tertiary/aromatic N) is 3. The number of pyridine rings is 1. The monoisotopic (exact) mass is 538 g/mol. The van der Waals surface area contributed by atoms with Gasteiger partial charge in [0.1, 0.15) is 11.6 Å². The second-order valence-electron chi connectivity index (χ2n) is 8.59. The van der Waals surface area contributed by atoms with Gasteiger partial charge in [0.05, 0.1) is 41.0 Å². The third-order valence-electron chi connectivity index (χ3n) is 5.96. The highest BCUT2D eigenvalue weighted by molar-refractivity contribution is 6.34. The van der Waals surface area contributed by atoms with Gasteiger partial charge in [-0.1, -0.05) is 17.7 Å². The number of ether oxygens (including phenoxy) is 1. The van der Waals surface area contributed by atoms with Crippen LogP contribution in [0.15, 0.2) is 54.7 Å². The summed E-state index contributed by atoms with van der Waals surface area (Å²) in [5, 5.41) is 17.5. The van der Waals surface area contributed by atoms with Crippen molar-refractivity contribution in [1.29, 1.82) is 0 Å². The van der Waals surface area contributed by atoms with Crippen molar-refractivity contribution in [3.63, 3.8) is 0 Å². The molecule has 38 heavy (non-hydrogen) atoms. The maximum atomic E-state index is 12.7. The molecule has 4 amide bonds. The minimum Gasteiger partial charge on any atom is -0.495 e. The zero-order chi connectivity index (χ0) is 27.2. The SMILES string of the molecule is COc1ccc(C)cc1NC(=O)Nc1ccc(N2CCN(C(=O)Nc3ccc(C(=O)O)cc3Cl)CC2)nc1. The normalized spacial score (nSPS) is 13.0. The van der Waals surface area contributed by atoms with Crippen LogP contribution in [-0.2, 0) is 0 Å². The fourth-order valence-electron chi connectivity index (χ4n) is 3.93. The Morgan fingerprint density at radius 3 is 2.34 bits per heavy atom. The van der Waals surface area contributed by atoms with E-state index < -0.39 is 12.0 Å². The van der Waals surface area contributed by atoms with Gasteiger partial charge in [0.15, 0.2) is 0 Å². The highest BCUT2D eigenvalue weighted by Crippen LogP contribution is 2.26. The van der Waals surface area contributed by atoms with Crippen molar-refractivity contribution in [3.05, 3.63) is 70.9 Å². The molecular weight excluding hydrogens is 512 g/mol. The summed E-state index contributed by atoms with van der Waals surface area (Å²) in [6.07, 6.45) is 1.57. The molecule has 1 aliphatic heterocycles. The molecule has 0 atom stereocenters. The predicted octanol–water partition coefficient (Wildman–Crippen LogP) is 4.75. The van der Waals surface area contributed by atoms with Crippen LogP contribution in [0.4, 0.5) is 32.5 Å². The van der Waals surface area contributed by atoms with Crippen molar-refractivity contribution in [1.82, 2.24) is 9.88 Å². The molecule has 1 aliphatic rings. The van der Waals surface area contributed by atoms with Crippen molar-refractivity contribution in [3.8, 4) is 5.75 Å². The average Bonchev–Trinajstić information content (AvgIpc) is 2.90. The van der Waals surface area contributed by atoms with Crippen molar-refractivity contribution in [2.45, 2.75) is 6.92 Å². The van der Waals surface area contributed by atoms with Crippen LogP contribution in [-0.4, -0.2) is 66.3 Å². The quantitative estimate of drug-likeness (QED) is 0.355. The molecule has 4 rings (SSSR count). The van der Waals surface area contributed by atoms with Crippen molar-refractivity contribution in [2.24, 2.45) is 0 Å². The van der Waals surface area contributed by atoms with Gasteiger partial charge in [-0.2, -0.15) is 0 Å². The predicted molar refractivity (Wildman–Crippen MR) is 146 cm³/mol. The van der Waals surface area contributed by atoms with Crippen LogP contribution < -0.4 is 25.6 Å². The second kappa shape index (κ2) is 11.7. The summed E-state index contributed by atoms with van der Waals surface area (Å²) in [6, 6.07) is 12.5. The number of anilines is 4. The maximum absolute atomic E-state index is 12.7. The van der Waals surface area contributed by atoms with E-state index in [4.69, 9.17) is 21.4 Å². The molecule has 3 aromatic rings. The van der Waals surface area contributed by atoms with Crippen LogP contribution in [0.3, 0.4) is 0 Å². The number of benzene rings is 2. The Morgan fingerprint density at radius 1 is 0.947 bits per heavy atom. The molecule has 2 heterocycles. The number of carboxylic acid groups (broad SMARTS) is 1. The zero-order valence-electron chi connectivity index (χ0n) is 20.8. The Kier molecular flexibility index (Phi) is 8.17. The molecule has 0 spiro atoms. The lowest BCUT2D eigenvalue weighted by atomic mass is 10.2. The molecule has 0 radical (unpaired) electrons. The van der Waals surface area contributed by atoms with Gasteiger partial charge in [-0.15, -0.1) is 0 Å². The topological polar surface area (TPSA) is 136 Å². The highest BCUT2D eigenvalue weighted by Gasteiger charge is 2.23. The van der Waals surface area contributed by atoms with Gasteiger partial charge < -0.3 is 35.6 Å². The average molecular weight is 539 g/mol. The number of aryl methyl sites for hydroxylation is 1. The van der Waals surface area contributed by atoms with Crippen molar-refractivity contribution in [2.75, 3.05) is 54.1 Å². The van der Waals surface area contributed by atoms with Gasteiger partial charge in [-0.05, 0) is 55.0 Å². The summed E-state index contributed by atoms with van der Waals surface area (Å²) < 4.78 is 5.29. The number of hydrogen-bond donors (Lipinski definition) is 4. The fourth-order valence-corrected chi connectivity index (χ4v) is 4.16. The number of piperazine rings is 1. The lowest BCUT2D eigenvalue weighted by Crippen LogP contribution is -2.50. The van der Waals surface area contributed by atoms with Crippen LogP contribution in [0, 0.1) is 6.92 Å². The lowest BCUT2D eigenvalue weighted by molar-refractivity contribution is 0.0697. The first-order valence-electron chi connectivity index (χ1n) is 11.8. The number of methoxy groups -OCH3 is 1. The van der Waals surface area contributed by atoms with Gasteiger partial charge in [0, 0.05) is 26.2 Å². The number of nitrogens with one attached hydrogen (secondary N) is 3. The number of carboxylic acids is 1. The summed E-state index contributed by atoms with van der Waals surface area (Å²) >= 11 is 6.12. The number of aromatic carboxylic acids is 1. The van der Waals surface area contributed by atoms with E-state index in [1.807, 2.05) is 30.0 Å². The summed E-state index contributed by atoms with van der Waals surface area (Å²) in [7, 11) is 1.54. The molecule has 11 nitrogen and oxygen atoms in total. The number of aromatic nitrogens is 1. The Labute approximate surface area is 224 Å². The highest BCUT2D eigenvalue weighted by atomic mass is 35.5. The molecule has 0 aliphatic carbocycles. The number of rotatable bonds is 6. The summed E-state index contributed by atoms with van der Waals surface area (Å²) in [4.78, 5) is 44.3. The zero-order valence-corrected chi connectivity index (χ0v) is 21.6. The molecule has 0 unspecified atom stereocenters. The summed E-state index contributed by atoms with van der Waals surface area (Å²) in [5.74, 6) is 0.194. The Hall–Kier alpha value is -4.51. The Balaban J connectivity index is 1.28. The van der Waals surface area contributed by atoms with Crippen molar-refractivity contribution >= 4 is 52.5 Å². The molecular formula is C26H27ClN6O5. The maximum Gasteiger partial charge on any atom is 0.335 e. The van der Waals surface area contributed by atoms with E-state index in [1.165, 1.54) is 18.2 Å². The lowest BCUT2D eigenvalue weighted by Gasteiger charge is -2.35. The first-order chi connectivity index (χ1) is 18.2. The fraction of sp³-hybridized carbons (Fsp3) is 0.231. The molecule has 1 fully saturated rings. The Bertz CT molecular complexity index is 1340.